The standard InChI is InChI=1S/C22H19Cl2N3O2/c1-12-19(22(28)27-17-7-5-6-8-18(17)29-4)20(21(25-3)13(2)26-12)15-10-9-14(23)11-16(15)24/h5-11,20-21H,1-2,4H3,(H,27,28). The Balaban J connectivity index is 2.10. The number of benzene rings is 2. The highest BCUT2D eigenvalue weighted by Crippen LogP contribution is 2.41. The Hall–Kier alpha value is -2.81. The van der Waals surface area contributed by atoms with Gasteiger partial charge in [0.1, 0.15) is 5.75 Å². The van der Waals surface area contributed by atoms with Gasteiger partial charge in [0.05, 0.1) is 30.0 Å². The summed E-state index contributed by atoms with van der Waals surface area (Å²) in [5.41, 5.74) is 2.78. The smallest absolute Gasteiger partial charge is 0.272 e. The Kier molecular flexibility index (Phi) is 6.26. The zero-order valence-corrected chi connectivity index (χ0v) is 17.7. The van der Waals surface area contributed by atoms with E-state index in [0.29, 0.717) is 44.0 Å². The molecule has 29 heavy (non-hydrogen) atoms. The number of ether oxygens (including phenoxy) is 1. The van der Waals surface area contributed by atoms with Gasteiger partial charge in [-0.25, -0.2) is 6.57 Å². The maximum atomic E-state index is 13.3. The minimum absolute atomic E-state index is 0.354. The van der Waals surface area contributed by atoms with Crippen molar-refractivity contribution in [3.63, 3.8) is 0 Å². The number of rotatable bonds is 4. The summed E-state index contributed by atoms with van der Waals surface area (Å²) in [6.45, 7) is 11.3. The number of aliphatic imine (C=N–C) groups is 1. The van der Waals surface area contributed by atoms with Crippen LogP contribution in [0.25, 0.3) is 4.85 Å². The van der Waals surface area contributed by atoms with E-state index in [2.05, 4.69) is 15.2 Å². The van der Waals surface area contributed by atoms with Gasteiger partial charge < -0.3 is 14.9 Å². The topological polar surface area (TPSA) is 55.0 Å². The van der Waals surface area contributed by atoms with Crippen molar-refractivity contribution in [2.45, 2.75) is 25.8 Å². The molecule has 7 heteroatoms. The lowest BCUT2D eigenvalue weighted by atomic mass is 9.80. The van der Waals surface area contributed by atoms with E-state index in [1.54, 1.807) is 50.2 Å². The molecular formula is C22H19Cl2N3O2. The summed E-state index contributed by atoms with van der Waals surface area (Å²) in [4.78, 5) is 21.5. The van der Waals surface area contributed by atoms with Crippen LogP contribution in [0.1, 0.15) is 25.3 Å². The average Bonchev–Trinajstić information content (AvgIpc) is 2.68. The normalized spacial score (nSPS) is 18.7. The number of hydrogen-bond acceptors (Lipinski definition) is 3. The molecule has 0 bridgehead atoms. The Morgan fingerprint density at radius 2 is 1.93 bits per heavy atom. The molecule has 1 N–H and O–H groups in total. The predicted molar refractivity (Wildman–Crippen MR) is 117 cm³/mol. The third-order valence-corrected chi connectivity index (χ3v) is 5.39. The number of amides is 1. The van der Waals surface area contributed by atoms with Crippen LogP contribution in [0.15, 0.2) is 58.7 Å². The summed E-state index contributed by atoms with van der Waals surface area (Å²) >= 11 is 12.5. The van der Waals surface area contributed by atoms with Crippen molar-refractivity contribution in [1.82, 2.24) is 0 Å². The molecule has 1 aliphatic rings. The predicted octanol–water partition coefficient (Wildman–Crippen LogP) is 5.76. The van der Waals surface area contributed by atoms with Crippen molar-refractivity contribution >= 4 is 40.5 Å². The van der Waals surface area contributed by atoms with Gasteiger partial charge in [0.15, 0.2) is 0 Å². The first kappa shape index (κ1) is 20.9. The summed E-state index contributed by atoms with van der Waals surface area (Å²) in [5, 5.41) is 3.78. The Morgan fingerprint density at radius 3 is 2.59 bits per heavy atom. The number of para-hydroxylation sites is 2. The van der Waals surface area contributed by atoms with E-state index in [-0.39, 0.29) is 5.91 Å². The molecule has 0 spiro atoms. The van der Waals surface area contributed by atoms with Crippen LogP contribution in [0, 0.1) is 6.57 Å². The number of nitrogens with one attached hydrogen (secondary N) is 1. The summed E-state index contributed by atoms with van der Waals surface area (Å²) in [5.74, 6) is -0.380. The van der Waals surface area contributed by atoms with Gasteiger partial charge in [0, 0.05) is 15.7 Å². The number of halogens is 2. The third kappa shape index (κ3) is 4.14. The second kappa shape index (κ2) is 8.69. The molecular weight excluding hydrogens is 409 g/mol. The van der Waals surface area contributed by atoms with Gasteiger partial charge >= 0.3 is 0 Å². The van der Waals surface area contributed by atoms with Gasteiger partial charge in [0.25, 0.3) is 11.9 Å². The molecule has 5 nitrogen and oxygen atoms in total. The number of methoxy groups -OCH3 is 1. The number of nitrogens with zero attached hydrogens (tertiary/aromatic N) is 2. The Bertz CT molecular complexity index is 1070. The van der Waals surface area contributed by atoms with E-state index < -0.39 is 12.0 Å². The van der Waals surface area contributed by atoms with Crippen LogP contribution in [0.2, 0.25) is 10.0 Å². The maximum absolute atomic E-state index is 13.3. The summed E-state index contributed by atoms with van der Waals surface area (Å²) in [6.07, 6.45) is 0. The number of hydrogen-bond donors (Lipinski definition) is 1. The zero-order chi connectivity index (χ0) is 21.1. The maximum Gasteiger partial charge on any atom is 0.272 e. The van der Waals surface area contributed by atoms with Gasteiger partial charge in [-0.3, -0.25) is 9.79 Å². The zero-order valence-electron chi connectivity index (χ0n) is 16.2. The van der Waals surface area contributed by atoms with Crippen molar-refractivity contribution < 1.29 is 9.53 Å². The summed E-state index contributed by atoms with van der Waals surface area (Å²) in [6, 6.07) is 11.6. The second-order valence-electron chi connectivity index (χ2n) is 6.62. The van der Waals surface area contributed by atoms with E-state index >= 15 is 0 Å². The molecule has 1 amide bonds. The van der Waals surface area contributed by atoms with Crippen LogP contribution in [0.4, 0.5) is 5.69 Å². The molecule has 2 aromatic rings. The van der Waals surface area contributed by atoms with Crippen molar-refractivity contribution in [2.75, 3.05) is 12.4 Å². The molecule has 148 valence electrons. The van der Waals surface area contributed by atoms with Crippen LogP contribution >= 0.6 is 23.2 Å². The van der Waals surface area contributed by atoms with Crippen LogP contribution in [-0.2, 0) is 4.79 Å². The fourth-order valence-electron chi connectivity index (χ4n) is 3.51. The Morgan fingerprint density at radius 1 is 1.21 bits per heavy atom. The minimum atomic E-state index is -0.643. The van der Waals surface area contributed by atoms with Crippen LogP contribution in [0.3, 0.4) is 0 Å². The lowest BCUT2D eigenvalue weighted by Crippen LogP contribution is -2.34. The molecule has 2 unspecified atom stereocenters. The number of carbonyl (C=O) groups is 1. The second-order valence-corrected chi connectivity index (χ2v) is 7.47. The van der Waals surface area contributed by atoms with Gasteiger partial charge in [-0.2, -0.15) is 0 Å². The van der Waals surface area contributed by atoms with Gasteiger partial charge in [0.2, 0.25) is 0 Å². The number of allylic oxidation sites excluding steroid dienone is 1. The lowest BCUT2D eigenvalue weighted by molar-refractivity contribution is -0.113. The molecule has 2 aromatic carbocycles. The first-order valence-electron chi connectivity index (χ1n) is 8.89. The highest BCUT2D eigenvalue weighted by Gasteiger charge is 2.42. The fraction of sp³-hybridized carbons (Fsp3) is 0.227. The number of anilines is 1. The Labute approximate surface area is 179 Å². The first-order chi connectivity index (χ1) is 13.9. The molecule has 3 rings (SSSR count). The minimum Gasteiger partial charge on any atom is -0.495 e. The molecule has 0 aliphatic carbocycles. The highest BCUT2D eigenvalue weighted by molar-refractivity contribution is 6.35. The molecule has 0 saturated carbocycles. The third-order valence-electron chi connectivity index (χ3n) is 4.83. The molecule has 0 saturated heterocycles. The fourth-order valence-corrected chi connectivity index (χ4v) is 4.03. The van der Waals surface area contributed by atoms with E-state index in [1.807, 2.05) is 6.07 Å². The monoisotopic (exact) mass is 427 g/mol. The van der Waals surface area contributed by atoms with Gasteiger partial charge in [-0.05, 0) is 43.7 Å². The average molecular weight is 428 g/mol. The van der Waals surface area contributed by atoms with E-state index in [9.17, 15) is 4.79 Å². The van der Waals surface area contributed by atoms with Crippen molar-refractivity contribution in [2.24, 2.45) is 4.99 Å². The molecule has 0 radical (unpaired) electrons. The van der Waals surface area contributed by atoms with E-state index in [1.165, 1.54) is 7.11 Å². The molecule has 1 heterocycles. The van der Waals surface area contributed by atoms with Crippen LogP contribution in [-0.4, -0.2) is 24.8 Å². The molecule has 0 aromatic heterocycles. The summed E-state index contributed by atoms with van der Waals surface area (Å²) < 4.78 is 5.32. The molecule has 1 aliphatic heterocycles. The van der Waals surface area contributed by atoms with Crippen LogP contribution < -0.4 is 10.1 Å². The van der Waals surface area contributed by atoms with Crippen LogP contribution in [0.5, 0.6) is 5.75 Å². The quantitative estimate of drug-likeness (QED) is 0.630. The van der Waals surface area contributed by atoms with Crippen molar-refractivity contribution in [3.8, 4) is 5.75 Å². The lowest BCUT2D eigenvalue weighted by Gasteiger charge is -2.27. The van der Waals surface area contributed by atoms with Gasteiger partial charge in [-0.1, -0.05) is 41.4 Å². The van der Waals surface area contributed by atoms with Gasteiger partial charge in [-0.15, -0.1) is 0 Å². The van der Waals surface area contributed by atoms with Crippen molar-refractivity contribution in [3.05, 3.63) is 80.8 Å². The van der Waals surface area contributed by atoms with E-state index in [4.69, 9.17) is 34.5 Å². The molecule has 0 fully saturated rings. The highest BCUT2D eigenvalue weighted by atomic mass is 35.5. The van der Waals surface area contributed by atoms with Crippen molar-refractivity contribution in [1.29, 1.82) is 0 Å². The van der Waals surface area contributed by atoms with E-state index in [0.717, 1.165) is 0 Å². The molecule has 2 atom stereocenters. The first-order valence-corrected chi connectivity index (χ1v) is 9.64. The number of carbonyl (C=O) groups excluding carboxylic acids is 1. The largest absolute Gasteiger partial charge is 0.495 e. The summed E-state index contributed by atoms with van der Waals surface area (Å²) in [7, 11) is 1.54. The SMILES string of the molecule is [C-]#[N+]C1C(C)=NC(C)=C(C(=O)Nc2ccccc2OC)C1c1ccc(Cl)cc1Cl.